The van der Waals surface area contributed by atoms with E-state index < -0.39 is 11.7 Å². The van der Waals surface area contributed by atoms with Crippen molar-refractivity contribution in [3.05, 3.63) is 86.8 Å². The summed E-state index contributed by atoms with van der Waals surface area (Å²) in [6, 6.07) is 15.4. The number of benzene rings is 2. The lowest BCUT2D eigenvalue weighted by atomic mass is 10.0. The van der Waals surface area contributed by atoms with Crippen LogP contribution in [0.2, 0.25) is 0 Å². The minimum atomic E-state index is -1.21. The quantitative estimate of drug-likeness (QED) is 0.478. The first-order valence-corrected chi connectivity index (χ1v) is 9.13. The number of carbonyl (C=O) groups excluding carboxylic acids is 1. The fourth-order valence-electron chi connectivity index (χ4n) is 2.77. The van der Waals surface area contributed by atoms with E-state index in [2.05, 4.69) is 4.98 Å². The number of hydrogen-bond donors (Lipinski definition) is 0. The molecule has 7 heteroatoms. The minimum absolute atomic E-state index is 0.186. The van der Waals surface area contributed by atoms with Gasteiger partial charge in [0.2, 0.25) is 5.78 Å². The largest absolute Gasteiger partial charge is 0.453 e. The van der Waals surface area contributed by atoms with Crippen LogP contribution in [0.5, 0.6) is 0 Å². The highest BCUT2D eigenvalue weighted by atomic mass is 32.1. The molecule has 0 saturated heterocycles. The second kappa shape index (κ2) is 7.18. The number of ketones is 1. The predicted molar refractivity (Wildman–Crippen MR) is 103 cm³/mol. The van der Waals surface area contributed by atoms with E-state index >= 15 is 0 Å². The topological polar surface area (TPSA) is 84.0 Å². The normalized spacial score (nSPS) is 11.9. The smallest absolute Gasteiger partial charge is 0.222 e. The number of hydrogen-bond acceptors (Lipinski definition) is 6. The van der Waals surface area contributed by atoms with Gasteiger partial charge in [0, 0.05) is 17.0 Å². The minimum Gasteiger partial charge on any atom is -0.453 e. The van der Waals surface area contributed by atoms with Crippen LogP contribution in [0.25, 0.3) is 22.2 Å². The van der Waals surface area contributed by atoms with E-state index in [0.717, 1.165) is 17.4 Å². The van der Waals surface area contributed by atoms with Crippen LogP contribution in [0.4, 0.5) is 4.39 Å². The van der Waals surface area contributed by atoms with Gasteiger partial charge < -0.3 is 4.42 Å². The zero-order chi connectivity index (χ0) is 19.7. The Labute approximate surface area is 162 Å². The second-order valence-corrected chi connectivity index (χ2v) is 6.86. The van der Waals surface area contributed by atoms with E-state index in [4.69, 9.17) is 4.42 Å². The van der Waals surface area contributed by atoms with E-state index in [1.165, 1.54) is 12.1 Å². The Morgan fingerprint density at radius 1 is 1.18 bits per heavy atom. The third kappa shape index (κ3) is 3.21. The number of aromatic nitrogens is 1. The molecule has 0 aliphatic rings. The van der Waals surface area contributed by atoms with Gasteiger partial charge in [-0.05, 0) is 36.4 Å². The summed E-state index contributed by atoms with van der Waals surface area (Å²) in [4.78, 5) is 29.4. The van der Waals surface area contributed by atoms with Gasteiger partial charge in [-0.15, -0.1) is 11.3 Å². The molecular formula is C21H11FN2O3S. The summed E-state index contributed by atoms with van der Waals surface area (Å²) in [7, 11) is 0. The van der Waals surface area contributed by atoms with Gasteiger partial charge in [0.05, 0.1) is 17.1 Å². The van der Waals surface area contributed by atoms with Gasteiger partial charge in [-0.1, -0.05) is 12.1 Å². The van der Waals surface area contributed by atoms with Gasteiger partial charge in [-0.2, -0.15) is 5.26 Å². The van der Waals surface area contributed by atoms with Crippen molar-refractivity contribution in [3.63, 3.8) is 0 Å². The number of nitriles is 1. The second-order valence-electron chi connectivity index (χ2n) is 5.98. The van der Waals surface area contributed by atoms with Crippen molar-refractivity contribution >= 4 is 28.1 Å². The third-order valence-electron chi connectivity index (χ3n) is 4.18. The van der Waals surface area contributed by atoms with Crippen LogP contribution in [0, 0.1) is 17.1 Å². The molecule has 2 aromatic heterocycles. The van der Waals surface area contributed by atoms with Crippen molar-refractivity contribution in [2.75, 3.05) is 0 Å². The van der Waals surface area contributed by atoms with E-state index in [1.54, 1.807) is 41.8 Å². The first-order chi connectivity index (χ1) is 13.6. The summed E-state index contributed by atoms with van der Waals surface area (Å²) in [6.45, 7) is 0. The van der Waals surface area contributed by atoms with Crippen LogP contribution >= 0.6 is 11.3 Å². The maximum atomic E-state index is 13.1. The van der Waals surface area contributed by atoms with E-state index in [9.17, 15) is 19.2 Å². The lowest BCUT2D eigenvalue weighted by molar-refractivity contribution is 0.0952. The molecule has 136 valence electrons. The molecule has 0 saturated carbocycles. The van der Waals surface area contributed by atoms with Crippen LogP contribution in [-0.4, -0.2) is 10.8 Å². The highest BCUT2D eigenvalue weighted by Gasteiger charge is 2.28. The van der Waals surface area contributed by atoms with Crippen LogP contribution in [-0.2, 0) is 0 Å². The van der Waals surface area contributed by atoms with Crippen molar-refractivity contribution in [3.8, 4) is 17.3 Å². The Morgan fingerprint density at radius 2 is 1.93 bits per heavy atom. The number of Topliss-reactive ketones (excluding diaryl/α,β-unsaturated/α-hetero) is 1. The van der Waals surface area contributed by atoms with Crippen LogP contribution in [0.15, 0.2) is 69.2 Å². The molecule has 0 fully saturated rings. The maximum Gasteiger partial charge on any atom is 0.222 e. The molecule has 0 amide bonds. The molecule has 4 aromatic rings. The number of carbonyl (C=O) groups is 1. The highest BCUT2D eigenvalue weighted by Crippen LogP contribution is 2.29. The van der Waals surface area contributed by atoms with Gasteiger partial charge in [0.1, 0.15) is 16.4 Å². The molecule has 0 bridgehead atoms. The van der Waals surface area contributed by atoms with Crippen molar-refractivity contribution in [1.29, 1.82) is 5.26 Å². The van der Waals surface area contributed by atoms with Gasteiger partial charge in [-0.25, -0.2) is 9.37 Å². The first kappa shape index (κ1) is 17.8. The summed E-state index contributed by atoms with van der Waals surface area (Å²) >= 11 is 1.14. The van der Waals surface area contributed by atoms with Gasteiger partial charge in [-0.3, -0.25) is 9.59 Å². The zero-order valence-corrected chi connectivity index (χ0v) is 15.1. The van der Waals surface area contributed by atoms with E-state index in [-0.39, 0.29) is 27.6 Å². The summed E-state index contributed by atoms with van der Waals surface area (Å²) < 4.78 is 18.6. The third-order valence-corrected chi connectivity index (χ3v) is 5.09. The number of nitrogens with zero attached hydrogens (tertiary/aromatic N) is 2. The molecule has 0 spiro atoms. The molecule has 2 aromatic carbocycles. The van der Waals surface area contributed by atoms with Crippen LogP contribution < -0.4 is 5.43 Å². The van der Waals surface area contributed by atoms with Crippen molar-refractivity contribution in [1.82, 2.24) is 4.98 Å². The van der Waals surface area contributed by atoms with Gasteiger partial charge in [0.15, 0.2) is 17.1 Å². The van der Waals surface area contributed by atoms with Crippen molar-refractivity contribution < 1.29 is 13.6 Å². The molecule has 2 heterocycles. The first-order valence-electron chi connectivity index (χ1n) is 8.25. The number of fused-ring (bicyclic) bond motifs is 1. The molecule has 1 atom stereocenters. The predicted octanol–water partition coefficient (Wildman–Crippen LogP) is 4.55. The highest BCUT2D eigenvalue weighted by molar-refractivity contribution is 7.10. The van der Waals surface area contributed by atoms with Crippen LogP contribution in [0.3, 0.4) is 0 Å². The van der Waals surface area contributed by atoms with Gasteiger partial charge >= 0.3 is 0 Å². The summed E-state index contributed by atoms with van der Waals surface area (Å²) in [5.41, 5.74) is 1.13. The Kier molecular flexibility index (Phi) is 4.55. The average Bonchev–Trinajstić information content (AvgIpc) is 3.19. The Balaban J connectivity index is 1.70. The summed E-state index contributed by atoms with van der Waals surface area (Å²) in [5.74, 6) is -2.39. The van der Waals surface area contributed by atoms with Crippen LogP contribution in [0.1, 0.15) is 21.5 Å². The van der Waals surface area contributed by atoms with E-state index in [0.29, 0.717) is 16.6 Å². The maximum absolute atomic E-state index is 13.1. The van der Waals surface area contributed by atoms with E-state index in [1.807, 2.05) is 6.07 Å². The summed E-state index contributed by atoms with van der Waals surface area (Å²) in [6.07, 6.45) is 0. The fraction of sp³-hybridized carbons (Fsp3) is 0.0476. The molecule has 0 N–H and O–H groups in total. The molecule has 28 heavy (non-hydrogen) atoms. The standard InChI is InChI=1S/C21H11FN2O3S/c22-13-7-5-12(6-8-13)16-11-28-21(24-16)15(10-23)20(26)19-9-17(25)14-3-1-2-4-18(14)27-19/h1-9,11,15H/t15-/m1/s1. The SMILES string of the molecule is N#C[C@H](C(=O)c1cc(=O)c2ccccc2o1)c1nc(-c2ccc(F)cc2)cs1. The number of thiazole rings is 1. The summed E-state index contributed by atoms with van der Waals surface area (Å²) in [5, 5.41) is 11.9. The lowest BCUT2D eigenvalue weighted by Crippen LogP contribution is -2.14. The number of halogens is 1. The Morgan fingerprint density at radius 3 is 2.68 bits per heavy atom. The fourth-order valence-corrected chi connectivity index (χ4v) is 3.64. The molecule has 0 aliphatic carbocycles. The Bertz CT molecular complexity index is 1290. The lowest BCUT2D eigenvalue weighted by Gasteiger charge is -2.05. The molecule has 5 nitrogen and oxygen atoms in total. The molecular weight excluding hydrogens is 379 g/mol. The van der Waals surface area contributed by atoms with Gasteiger partial charge in [0.25, 0.3) is 0 Å². The van der Waals surface area contributed by atoms with Crippen molar-refractivity contribution in [2.45, 2.75) is 5.92 Å². The Hall–Kier alpha value is -3.63. The molecule has 4 rings (SSSR count). The number of rotatable bonds is 4. The molecule has 0 aliphatic heterocycles. The average molecular weight is 390 g/mol. The monoisotopic (exact) mass is 390 g/mol. The molecule has 0 radical (unpaired) electrons. The number of para-hydroxylation sites is 1. The molecule has 0 unspecified atom stereocenters. The van der Waals surface area contributed by atoms with Crippen molar-refractivity contribution in [2.24, 2.45) is 0 Å². The zero-order valence-electron chi connectivity index (χ0n) is 14.3.